The van der Waals surface area contributed by atoms with E-state index in [1.54, 1.807) is 0 Å². The zero-order valence-electron chi connectivity index (χ0n) is 20.1. The van der Waals surface area contributed by atoms with Crippen LogP contribution < -0.4 is 0 Å². The number of hydrogen-bond acceptors (Lipinski definition) is 7. The predicted molar refractivity (Wildman–Crippen MR) is 116 cm³/mol. The zero-order valence-corrected chi connectivity index (χ0v) is 20.1. The van der Waals surface area contributed by atoms with E-state index in [1.807, 2.05) is 0 Å². The quantitative estimate of drug-likeness (QED) is 0.444. The number of halogens is 2. The summed E-state index contributed by atoms with van der Waals surface area (Å²) in [5, 5.41) is 10.9. The third-order valence-electron chi connectivity index (χ3n) is 9.85. The number of rotatable bonds is 6. The average molecular weight is 497 g/mol. The Bertz CT molecular complexity index is 912. The average Bonchev–Trinajstić information content (AvgIpc) is 2.71. The molecule has 0 saturated heterocycles. The van der Waals surface area contributed by atoms with Gasteiger partial charge in [0.15, 0.2) is 6.61 Å². The van der Waals surface area contributed by atoms with Gasteiger partial charge in [0.1, 0.15) is 11.7 Å². The number of carbonyl (C=O) groups excluding carboxylic acids is 3. The number of hydrogen-bond donors (Lipinski definition) is 1. The van der Waals surface area contributed by atoms with Crippen LogP contribution in [-0.4, -0.2) is 52.8 Å². The summed E-state index contributed by atoms with van der Waals surface area (Å²) in [6, 6.07) is 0. The van der Waals surface area contributed by atoms with Gasteiger partial charge in [-0.25, -0.2) is 9.59 Å². The molecule has 0 aliphatic heterocycles. The number of ether oxygens (including phenoxy) is 3. The SMILES string of the molecule is CC(F)(F)C(=O)OC1C2CC3CC1CC(C(=O)OCC(=O)OC14CC5CC(CC(O)(C5)C1)C4)(C3)C2. The second kappa shape index (κ2) is 7.62. The molecular formula is C26H34F2O7. The predicted octanol–water partition coefficient (Wildman–Crippen LogP) is 3.55. The van der Waals surface area contributed by atoms with Gasteiger partial charge in [-0.1, -0.05) is 0 Å². The molecule has 8 saturated carbocycles. The van der Waals surface area contributed by atoms with Crippen LogP contribution in [0.5, 0.6) is 0 Å². The van der Waals surface area contributed by atoms with E-state index in [4.69, 9.17) is 14.2 Å². The lowest BCUT2D eigenvalue weighted by molar-refractivity contribution is -0.224. The lowest BCUT2D eigenvalue weighted by atomic mass is 9.48. The molecule has 4 unspecified atom stereocenters. The Morgan fingerprint density at radius 3 is 2.11 bits per heavy atom. The first kappa shape index (κ1) is 23.6. The monoisotopic (exact) mass is 496 g/mol. The van der Waals surface area contributed by atoms with Crippen LogP contribution in [0.4, 0.5) is 8.78 Å². The van der Waals surface area contributed by atoms with Crippen molar-refractivity contribution >= 4 is 17.9 Å². The van der Waals surface area contributed by atoms with Gasteiger partial charge < -0.3 is 19.3 Å². The smallest absolute Gasteiger partial charge is 0.376 e. The van der Waals surface area contributed by atoms with Crippen LogP contribution in [-0.2, 0) is 28.6 Å². The Hall–Kier alpha value is -1.77. The maximum absolute atomic E-state index is 13.4. The van der Waals surface area contributed by atoms with Gasteiger partial charge in [-0.05, 0) is 93.8 Å². The fraction of sp³-hybridized carbons (Fsp3) is 0.885. The van der Waals surface area contributed by atoms with Gasteiger partial charge in [0, 0.05) is 13.3 Å². The molecule has 0 radical (unpaired) electrons. The molecule has 0 amide bonds. The van der Waals surface area contributed by atoms with E-state index in [2.05, 4.69) is 0 Å². The van der Waals surface area contributed by atoms with Gasteiger partial charge in [-0.3, -0.25) is 4.79 Å². The van der Waals surface area contributed by atoms with E-state index in [1.165, 1.54) is 0 Å². The molecule has 35 heavy (non-hydrogen) atoms. The highest BCUT2D eigenvalue weighted by atomic mass is 19.3. The standard InChI is InChI=1S/C26H34F2O7/c1-23(27,28)21(30)34-20-17-3-14-4-18(20)11-24(5-14,10-17)22(31)33-12-19(29)35-26-8-15-2-16(9-26)7-25(32,6-15)13-26/h14-18,20,32H,2-13H2,1H3. The minimum absolute atomic E-state index is 0.153. The van der Waals surface area contributed by atoms with Gasteiger partial charge >= 0.3 is 23.8 Å². The van der Waals surface area contributed by atoms with E-state index >= 15 is 0 Å². The van der Waals surface area contributed by atoms with Crippen molar-refractivity contribution in [3.63, 3.8) is 0 Å². The Kier molecular flexibility index (Phi) is 5.14. The molecule has 0 aromatic carbocycles. The Labute approximate surface area is 203 Å². The molecule has 4 atom stereocenters. The van der Waals surface area contributed by atoms with Crippen molar-refractivity contribution in [1.29, 1.82) is 0 Å². The summed E-state index contributed by atoms with van der Waals surface area (Å²) in [4.78, 5) is 37.7. The van der Waals surface area contributed by atoms with Gasteiger partial charge in [0.25, 0.3) is 0 Å². The van der Waals surface area contributed by atoms with Crippen LogP contribution >= 0.6 is 0 Å². The maximum Gasteiger partial charge on any atom is 0.376 e. The summed E-state index contributed by atoms with van der Waals surface area (Å²) in [6.45, 7) is 0.0731. The van der Waals surface area contributed by atoms with Crippen molar-refractivity contribution in [2.24, 2.45) is 35.0 Å². The maximum atomic E-state index is 13.4. The number of alkyl halides is 2. The topological polar surface area (TPSA) is 99.1 Å². The normalized spacial score (nSPS) is 47.0. The van der Waals surface area contributed by atoms with E-state index in [0.29, 0.717) is 44.4 Å². The number of aliphatic hydroxyl groups is 1. The van der Waals surface area contributed by atoms with Crippen molar-refractivity contribution < 1.29 is 42.5 Å². The summed E-state index contributed by atoms with van der Waals surface area (Å²) in [6.07, 6.45) is 6.98. The lowest BCUT2D eigenvalue weighted by Crippen LogP contribution is -2.60. The highest BCUT2D eigenvalue weighted by Gasteiger charge is 2.62. The molecule has 8 bridgehead atoms. The van der Waals surface area contributed by atoms with Crippen LogP contribution in [0, 0.1) is 35.0 Å². The van der Waals surface area contributed by atoms with Crippen LogP contribution in [0.1, 0.15) is 77.6 Å². The van der Waals surface area contributed by atoms with Crippen LogP contribution in [0.15, 0.2) is 0 Å². The molecule has 8 fully saturated rings. The van der Waals surface area contributed by atoms with E-state index < -0.39 is 53.2 Å². The Morgan fingerprint density at radius 1 is 0.914 bits per heavy atom. The molecule has 194 valence electrons. The van der Waals surface area contributed by atoms with Gasteiger partial charge in [-0.2, -0.15) is 8.78 Å². The molecule has 0 spiro atoms. The molecule has 1 N–H and O–H groups in total. The fourth-order valence-corrected chi connectivity index (χ4v) is 9.45. The van der Waals surface area contributed by atoms with E-state index in [-0.39, 0.29) is 17.8 Å². The Morgan fingerprint density at radius 2 is 1.54 bits per heavy atom. The highest BCUT2D eigenvalue weighted by molar-refractivity contribution is 5.81. The molecule has 8 aliphatic carbocycles. The molecule has 7 nitrogen and oxygen atoms in total. The third-order valence-corrected chi connectivity index (χ3v) is 9.85. The van der Waals surface area contributed by atoms with Gasteiger partial charge in [0.05, 0.1) is 11.0 Å². The molecule has 0 aromatic rings. The minimum Gasteiger partial charge on any atom is -0.457 e. The fourth-order valence-electron chi connectivity index (χ4n) is 9.45. The summed E-state index contributed by atoms with van der Waals surface area (Å²) in [5.74, 6) is -5.37. The van der Waals surface area contributed by atoms with E-state index in [0.717, 1.165) is 44.9 Å². The van der Waals surface area contributed by atoms with E-state index in [9.17, 15) is 28.3 Å². The molecule has 0 aromatic heterocycles. The number of esters is 3. The second-order valence-electron chi connectivity index (χ2n) is 12.9. The van der Waals surface area contributed by atoms with Crippen LogP contribution in [0.3, 0.4) is 0 Å². The van der Waals surface area contributed by atoms with Crippen molar-refractivity contribution in [3.8, 4) is 0 Å². The molecule has 8 rings (SSSR count). The Balaban J connectivity index is 1.07. The van der Waals surface area contributed by atoms with Crippen LogP contribution in [0.25, 0.3) is 0 Å². The molecular weight excluding hydrogens is 462 g/mol. The van der Waals surface area contributed by atoms with Crippen LogP contribution in [0.2, 0.25) is 0 Å². The summed E-state index contributed by atoms with van der Waals surface area (Å²) in [5.41, 5.74) is -2.16. The first-order valence-corrected chi connectivity index (χ1v) is 13.1. The summed E-state index contributed by atoms with van der Waals surface area (Å²) < 4.78 is 43.4. The van der Waals surface area contributed by atoms with Gasteiger partial charge in [0.2, 0.25) is 0 Å². The molecule has 8 aliphatic rings. The van der Waals surface area contributed by atoms with Crippen molar-refractivity contribution in [3.05, 3.63) is 0 Å². The second-order valence-corrected chi connectivity index (χ2v) is 12.9. The minimum atomic E-state index is -3.54. The van der Waals surface area contributed by atoms with Gasteiger partial charge in [-0.15, -0.1) is 0 Å². The first-order valence-electron chi connectivity index (χ1n) is 13.1. The summed E-state index contributed by atoms with van der Waals surface area (Å²) in [7, 11) is 0. The molecule has 0 heterocycles. The molecule has 9 heteroatoms. The summed E-state index contributed by atoms with van der Waals surface area (Å²) >= 11 is 0. The first-order chi connectivity index (χ1) is 16.4. The van der Waals surface area contributed by atoms with Crippen molar-refractivity contribution in [2.45, 2.75) is 101 Å². The third kappa shape index (κ3) is 4.05. The largest absolute Gasteiger partial charge is 0.457 e. The van der Waals surface area contributed by atoms with Crippen molar-refractivity contribution in [1.82, 2.24) is 0 Å². The number of carbonyl (C=O) groups is 3. The highest BCUT2D eigenvalue weighted by Crippen LogP contribution is 2.62. The van der Waals surface area contributed by atoms with Crippen molar-refractivity contribution in [2.75, 3.05) is 6.61 Å². The lowest BCUT2D eigenvalue weighted by Gasteiger charge is -2.59. The zero-order chi connectivity index (χ0) is 24.8.